The Morgan fingerprint density at radius 1 is 0.663 bits per heavy atom. The summed E-state index contributed by atoms with van der Waals surface area (Å²) in [5.74, 6) is -4.45. The number of phenolic OH excluding ortho intramolecular Hbond substituents is 1. The van der Waals surface area contributed by atoms with Gasteiger partial charge in [0.25, 0.3) is 46.4 Å². The molecule has 430 valence electrons. The highest BCUT2D eigenvalue weighted by molar-refractivity contribution is 7.87. The molecule has 10 N–H and O–H groups in total. The number of aromatic nitrogens is 5. The second-order valence-electron chi connectivity index (χ2n) is 18.4. The molecular formula is C50H42ClF2N13O13S4. The molecule has 0 amide bonds. The number of unbranched alkanes of at least 4 members (excludes halogenated alkanes) is 1. The molecule has 2 aromatic heterocycles. The van der Waals surface area contributed by atoms with Gasteiger partial charge in [0, 0.05) is 34.1 Å². The zero-order valence-corrected chi connectivity index (χ0v) is 46.9. The quantitative estimate of drug-likeness (QED) is 0.0167. The first-order valence-corrected chi connectivity index (χ1v) is 30.1. The fourth-order valence-electron chi connectivity index (χ4n) is 8.93. The Kier molecular flexibility index (Phi) is 16.1. The third-order valence-corrected chi connectivity index (χ3v) is 16.3. The first-order chi connectivity index (χ1) is 39.0. The van der Waals surface area contributed by atoms with Gasteiger partial charge in [0.1, 0.15) is 43.0 Å². The molecule has 83 heavy (non-hydrogen) atoms. The molecule has 0 unspecified atom stereocenters. The molecule has 9 rings (SSSR count). The first-order valence-electron chi connectivity index (χ1n) is 23.9. The number of benzene rings is 7. The number of hydrogen-bond acceptors (Lipinski definition) is 22. The van der Waals surface area contributed by atoms with Crippen LogP contribution in [0.25, 0.3) is 32.3 Å². The van der Waals surface area contributed by atoms with Crippen LogP contribution >= 0.6 is 11.6 Å². The third-order valence-electron chi connectivity index (χ3n) is 12.5. The normalized spacial score (nSPS) is 12.6. The van der Waals surface area contributed by atoms with Crippen LogP contribution in [0.4, 0.5) is 66.3 Å². The fraction of sp³-hybridized carbons (Fsp3) is 0.140. The van der Waals surface area contributed by atoms with E-state index in [0.29, 0.717) is 22.9 Å². The van der Waals surface area contributed by atoms with Crippen molar-refractivity contribution in [3.8, 4) is 5.75 Å². The van der Waals surface area contributed by atoms with E-state index in [2.05, 4.69) is 68.3 Å². The molecule has 0 bridgehead atoms. The maximum Gasteiger partial charge on any atom is 0.297 e. The van der Waals surface area contributed by atoms with Crippen molar-refractivity contribution >= 4 is 142 Å². The number of anilines is 6. The summed E-state index contributed by atoms with van der Waals surface area (Å²) in [6.07, 6.45) is 3.51. The number of azo groups is 2. The second-order valence-corrected chi connectivity index (χ2v) is 24.2. The lowest BCUT2D eigenvalue weighted by Crippen LogP contribution is -2.07. The maximum absolute atomic E-state index is 14.4. The van der Waals surface area contributed by atoms with Gasteiger partial charge < -0.3 is 26.8 Å². The van der Waals surface area contributed by atoms with E-state index in [9.17, 15) is 65.8 Å². The van der Waals surface area contributed by atoms with Crippen LogP contribution in [0.15, 0.2) is 131 Å². The summed E-state index contributed by atoms with van der Waals surface area (Å²) in [5.41, 5.74) is 5.58. The molecule has 0 radical (unpaired) electrons. The molecule has 0 saturated carbocycles. The number of halogens is 3. The highest BCUT2D eigenvalue weighted by Gasteiger charge is 2.28. The predicted molar refractivity (Wildman–Crippen MR) is 301 cm³/mol. The summed E-state index contributed by atoms with van der Waals surface area (Å²) in [4.78, 5) is 15.4. The Morgan fingerprint density at radius 3 is 2.00 bits per heavy atom. The van der Waals surface area contributed by atoms with E-state index in [0.717, 1.165) is 61.5 Å². The predicted octanol–water partition coefficient (Wildman–Crippen LogP) is 11.2. The van der Waals surface area contributed by atoms with Crippen LogP contribution in [-0.2, 0) is 53.4 Å². The molecule has 26 nitrogen and oxygen atoms in total. The Balaban J connectivity index is 1.10. The van der Waals surface area contributed by atoms with Gasteiger partial charge in [-0.05, 0) is 126 Å². The van der Waals surface area contributed by atoms with Gasteiger partial charge in [-0.3, -0.25) is 18.2 Å². The van der Waals surface area contributed by atoms with Crippen molar-refractivity contribution in [1.82, 2.24) is 24.9 Å². The lowest BCUT2D eigenvalue weighted by atomic mass is 10.0. The van der Waals surface area contributed by atoms with E-state index in [4.69, 9.17) is 17.3 Å². The van der Waals surface area contributed by atoms with E-state index >= 15 is 0 Å². The van der Waals surface area contributed by atoms with E-state index in [1.807, 2.05) is 18.2 Å². The van der Waals surface area contributed by atoms with Crippen molar-refractivity contribution in [3.05, 3.63) is 131 Å². The lowest BCUT2D eigenvalue weighted by Gasteiger charge is -2.15. The number of nitrogens with zero attached hydrogens (tertiary/aromatic N) is 9. The van der Waals surface area contributed by atoms with Crippen LogP contribution in [0.5, 0.6) is 5.75 Å². The SMILES string of the molecule is CCCCc1cccc(Nc2nc(Cl)nc(Nc3cc(S(=O)(=O)O)c4cc(N=Nc5c(S(=O)(=O)O)cc6cc(C)c(N=Nc7ccc8c(CNc9ncnc(F)c9F)cc(C)cc8c7S(=O)(=O)O)c(O)c6c5N)cc(S(=O)(=O)O)c4c3)n2)c1. The van der Waals surface area contributed by atoms with Gasteiger partial charge in [-0.2, -0.15) is 62.5 Å². The summed E-state index contributed by atoms with van der Waals surface area (Å²) in [5, 5.41) is 34.1. The molecular weight excluding hydrogens is 1190 g/mol. The summed E-state index contributed by atoms with van der Waals surface area (Å²) in [6, 6.07) is 18.5. The van der Waals surface area contributed by atoms with E-state index in [1.54, 1.807) is 19.1 Å². The molecule has 33 heteroatoms. The van der Waals surface area contributed by atoms with Gasteiger partial charge in [0.2, 0.25) is 23.0 Å². The van der Waals surface area contributed by atoms with Crippen LogP contribution in [0, 0.1) is 25.6 Å². The average Bonchev–Trinajstić information content (AvgIpc) is 3.60. The van der Waals surface area contributed by atoms with Crippen molar-refractivity contribution in [2.24, 2.45) is 20.5 Å². The molecule has 0 fully saturated rings. The van der Waals surface area contributed by atoms with Gasteiger partial charge in [0.15, 0.2) is 11.6 Å². The van der Waals surface area contributed by atoms with Gasteiger partial charge in [-0.25, -0.2) is 9.97 Å². The van der Waals surface area contributed by atoms with Crippen molar-refractivity contribution < 1.29 is 65.8 Å². The smallest absolute Gasteiger partial charge is 0.297 e. The molecule has 0 saturated heterocycles. The third kappa shape index (κ3) is 12.7. The summed E-state index contributed by atoms with van der Waals surface area (Å²) in [6.45, 7) is 4.80. The molecule has 7 aromatic carbocycles. The number of phenols is 1. The second kappa shape index (κ2) is 22.6. The number of fused-ring (bicyclic) bond motifs is 3. The number of hydrogen-bond donors (Lipinski definition) is 9. The molecule has 0 atom stereocenters. The van der Waals surface area contributed by atoms with Gasteiger partial charge in [-0.1, -0.05) is 43.2 Å². The number of aromatic hydroxyl groups is 1. The lowest BCUT2D eigenvalue weighted by molar-refractivity contribution is 0.476. The fourth-order valence-corrected chi connectivity index (χ4v) is 12.0. The summed E-state index contributed by atoms with van der Waals surface area (Å²) >= 11 is 6.22. The number of aryl methyl sites for hydroxylation is 3. The minimum Gasteiger partial charge on any atom is -0.505 e. The highest BCUT2D eigenvalue weighted by Crippen LogP contribution is 2.48. The van der Waals surface area contributed by atoms with E-state index in [1.165, 1.54) is 25.1 Å². The van der Waals surface area contributed by atoms with Crippen molar-refractivity contribution in [2.75, 3.05) is 21.7 Å². The zero-order valence-electron chi connectivity index (χ0n) is 42.9. The molecule has 0 spiro atoms. The van der Waals surface area contributed by atoms with Gasteiger partial charge >= 0.3 is 0 Å². The molecule has 0 aliphatic heterocycles. The Hall–Kier alpha value is -8.60. The number of rotatable bonds is 18. The first kappa shape index (κ1) is 59.0. The Bertz CT molecular complexity index is 4740. The zero-order chi connectivity index (χ0) is 60.1. The Labute approximate surface area is 474 Å². The molecule has 2 heterocycles. The average molecular weight is 1230 g/mol. The van der Waals surface area contributed by atoms with Crippen molar-refractivity contribution in [3.63, 3.8) is 0 Å². The summed E-state index contributed by atoms with van der Waals surface area (Å²) in [7, 11) is -21.1. The van der Waals surface area contributed by atoms with Crippen molar-refractivity contribution in [2.45, 2.75) is 66.2 Å². The van der Waals surface area contributed by atoms with Crippen molar-refractivity contribution in [1.29, 1.82) is 0 Å². The Morgan fingerprint density at radius 2 is 1.33 bits per heavy atom. The van der Waals surface area contributed by atoms with Gasteiger partial charge in [-0.15, -0.1) is 15.3 Å². The molecule has 0 aliphatic rings. The highest BCUT2D eigenvalue weighted by atomic mass is 35.5. The van der Waals surface area contributed by atoms with E-state index < -0.39 is 128 Å². The van der Waals surface area contributed by atoms with Gasteiger partial charge in [0.05, 0.1) is 16.8 Å². The van der Waals surface area contributed by atoms with Crippen LogP contribution in [0.3, 0.4) is 0 Å². The minimum absolute atomic E-state index is 0.0561. The van der Waals surface area contributed by atoms with Crippen LogP contribution in [0.2, 0.25) is 5.28 Å². The van der Waals surface area contributed by atoms with Crippen LogP contribution in [-0.4, -0.2) is 81.9 Å². The standard InChI is InChI=1S/C50H42ClF2N13O13S4/c1-4-5-7-25-8-6-9-28(15-25)58-49-60-48(51)61-50(62-49)59-29-17-32-33(36(19-29)80(68,69)70)18-30(20-37(32)81(71,72)73)63-66-43-38(82(74,75)76)16-26-14-24(3)42(44(67)39(26)41(43)54)65-64-35-11-10-31-27(21-55-47-40(52)46(53)56-22-57-47)12-23(2)13-34(31)45(35)83(77,78)79/h6,8-20,22,67H,4-5,7,21,54H2,1-3H3,(H,55,56,57)(H,68,69,70)(H,71,72,73)(H,74,75,76)(H,77,78,79)(H2,58,59,60,61,62). The van der Waals surface area contributed by atoms with Crippen LogP contribution < -0.4 is 21.7 Å². The number of nitrogen functional groups attached to an aromatic ring is 1. The number of nitrogens with one attached hydrogen (secondary N) is 3. The van der Waals surface area contributed by atoms with E-state index in [-0.39, 0.29) is 51.1 Å². The topological polar surface area (TPSA) is 414 Å². The monoisotopic (exact) mass is 1230 g/mol. The molecule has 9 aromatic rings. The largest absolute Gasteiger partial charge is 0.505 e. The minimum atomic E-state index is -5.36. The number of nitrogens with two attached hydrogens (primary N) is 1. The maximum atomic E-state index is 14.4. The summed E-state index contributed by atoms with van der Waals surface area (Å²) < 4.78 is 174. The molecule has 0 aliphatic carbocycles. The van der Waals surface area contributed by atoms with Crippen LogP contribution in [0.1, 0.15) is 42.0 Å².